The number of carbonyl (C=O) groups is 1. The van der Waals surface area contributed by atoms with Gasteiger partial charge in [-0.3, -0.25) is 14.9 Å². The molecule has 0 bridgehead atoms. The molecule has 1 aliphatic heterocycles. The number of alkyl halides is 3. The monoisotopic (exact) mass is 446 g/mol. The van der Waals surface area contributed by atoms with E-state index in [2.05, 4.69) is 10.3 Å². The standard InChI is InChI=1S/C18H15ClF4N4O3/c19-13-7-11(18(21,22)23)9-24-16(13)26-5-3-10(4-6-26)17(28)25-12-1-2-14(20)15(8-12)27(29)30/h1-2,7-10H,3-6H2,(H,25,28). The Labute approximate surface area is 172 Å². The van der Waals surface area contributed by atoms with E-state index in [-0.39, 0.29) is 22.4 Å². The first-order valence-electron chi connectivity index (χ1n) is 8.78. The van der Waals surface area contributed by atoms with Gasteiger partial charge in [-0.2, -0.15) is 17.6 Å². The topological polar surface area (TPSA) is 88.4 Å². The fraction of sp³-hybridized carbons (Fsp3) is 0.333. The molecule has 1 saturated heterocycles. The molecule has 1 aromatic heterocycles. The lowest BCUT2D eigenvalue weighted by molar-refractivity contribution is -0.387. The first-order valence-corrected chi connectivity index (χ1v) is 9.16. The van der Waals surface area contributed by atoms with Gasteiger partial charge in [-0.25, -0.2) is 4.98 Å². The van der Waals surface area contributed by atoms with Gasteiger partial charge in [0.05, 0.1) is 15.5 Å². The molecule has 2 heterocycles. The Morgan fingerprint density at radius 1 is 1.27 bits per heavy atom. The number of piperidine rings is 1. The second-order valence-corrected chi connectivity index (χ2v) is 7.11. The number of aromatic nitrogens is 1. The van der Waals surface area contributed by atoms with Crippen LogP contribution >= 0.6 is 11.6 Å². The van der Waals surface area contributed by atoms with Crippen LogP contribution in [0.1, 0.15) is 18.4 Å². The molecule has 0 spiro atoms. The Morgan fingerprint density at radius 2 is 1.93 bits per heavy atom. The molecule has 2 aromatic rings. The first kappa shape index (κ1) is 21.8. The second kappa shape index (κ2) is 8.42. The number of nitrogens with one attached hydrogen (secondary N) is 1. The highest BCUT2D eigenvalue weighted by molar-refractivity contribution is 6.33. The predicted octanol–water partition coefficient (Wildman–Crippen LogP) is 4.66. The quantitative estimate of drug-likeness (QED) is 0.419. The normalized spacial score (nSPS) is 15.2. The van der Waals surface area contributed by atoms with Crippen molar-refractivity contribution >= 4 is 34.7 Å². The van der Waals surface area contributed by atoms with E-state index in [1.54, 1.807) is 4.90 Å². The third-order valence-corrected chi connectivity index (χ3v) is 5.00. The van der Waals surface area contributed by atoms with Crippen molar-refractivity contribution in [2.45, 2.75) is 19.0 Å². The summed E-state index contributed by atoms with van der Waals surface area (Å²) in [6.45, 7) is 0.666. The molecule has 1 aromatic carbocycles. The van der Waals surface area contributed by atoms with Gasteiger partial charge in [0.15, 0.2) is 0 Å². The van der Waals surface area contributed by atoms with Crippen LogP contribution in [0.4, 0.5) is 34.8 Å². The fourth-order valence-electron chi connectivity index (χ4n) is 3.15. The predicted molar refractivity (Wildman–Crippen MR) is 101 cm³/mol. The Kier molecular flexibility index (Phi) is 6.11. The highest BCUT2D eigenvalue weighted by Gasteiger charge is 2.33. The molecule has 30 heavy (non-hydrogen) atoms. The first-order chi connectivity index (χ1) is 14.1. The summed E-state index contributed by atoms with van der Waals surface area (Å²) in [5.74, 6) is -1.62. The van der Waals surface area contributed by atoms with E-state index in [1.807, 2.05) is 0 Å². The lowest BCUT2D eigenvalue weighted by atomic mass is 9.95. The Bertz CT molecular complexity index is 978. The number of benzene rings is 1. The van der Waals surface area contributed by atoms with Gasteiger partial charge in [0, 0.05) is 37.0 Å². The number of pyridine rings is 1. The molecule has 7 nitrogen and oxygen atoms in total. The minimum Gasteiger partial charge on any atom is -0.355 e. The number of halogens is 5. The van der Waals surface area contributed by atoms with Crippen molar-refractivity contribution in [3.63, 3.8) is 0 Å². The summed E-state index contributed by atoms with van der Waals surface area (Å²) >= 11 is 5.96. The molecular formula is C18H15ClF4N4O3. The SMILES string of the molecule is O=C(Nc1ccc(F)c([N+](=O)[O-])c1)C1CCN(c2ncc(C(F)(F)F)cc2Cl)CC1. The molecule has 3 rings (SSSR count). The Morgan fingerprint density at radius 3 is 2.50 bits per heavy atom. The summed E-state index contributed by atoms with van der Waals surface area (Å²) < 4.78 is 51.6. The lowest BCUT2D eigenvalue weighted by Gasteiger charge is -2.32. The third kappa shape index (κ3) is 4.78. The smallest absolute Gasteiger partial charge is 0.355 e. The number of anilines is 2. The number of nitrogens with zero attached hydrogens (tertiary/aromatic N) is 3. The number of nitro groups is 1. The average molecular weight is 447 g/mol. The van der Waals surface area contributed by atoms with Gasteiger partial charge in [-0.05, 0) is 31.0 Å². The zero-order valence-corrected chi connectivity index (χ0v) is 16.0. The number of rotatable bonds is 4. The van der Waals surface area contributed by atoms with E-state index in [9.17, 15) is 32.5 Å². The number of carbonyl (C=O) groups excluding carboxylic acids is 1. The van der Waals surface area contributed by atoms with Gasteiger partial charge in [0.25, 0.3) is 0 Å². The van der Waals surface area contributed by atoms with Gasteiger partial charge < -0.3 is 10.2 Å². The van der Waals surface area contributed by atoms with Crippen molar-refractivity contribution < 1.29 is 27.3 Å². The van der Waals surface area contributed by atoms with Crippen LogP contribution in [0.15, 0.2) is 30.5 Å². The maximum absolute atomic E-state index is 13.4. The zero-order chi connectivity index (χ0) is 22.1. The van der Waals surface area contributed by atoms with E-state index in [0.717, 1.165) is 18.2 Å². The van der Waals surface area contributed by atoms with Crippen molar-refractivity contribution in [3.05, 3.63) is 57.0 Å². The highest BCUT2D eigenvalue weighted by Crippen LogP contribution is 2.35. The van der Waals surface area contributed by atoms with Crippen LogP contribution in [-0.4, -0.2) is 28.9 Å². The maximum atomic E-state index is 13.4. The Hall–Kier alpha value is -2.95. The van der Waals surface area contributed by atoms with Crippen LogP contribution in [0.25, 0.3) is 0 Å². The number of hydrogen-bond donors (Lipinski definition) is 1. The van der Waals surface area contributed by atoms with E-state index in [4.69, 9.17) is 11.6 Å². The summed E-state index contributed by atoms with van der Waals surface area (Å²) in [6, 6.07) is 3.87. The van der Waals surface area contributed by atoms with Crippen molar-refractivity contribution in [1.29, 1.82) is 0 Å². The molecule has 0 unspecified atom stereocenters. The number of amides is 1. The summed E-state index contributed by atoms with van der Waals surface area (Å²) in [7, 11) is 0. The molecule has 1 aliphatic rings. The molecule has 0 radical (unpaired) electrons. The van der Waals surface area contributed by atoms with Gasteiger partial charge in [0.2, 0.25) is 11.7 Å². The summed E-state index contributed by atoms with van der Waals surface area (Å²) in [6.07, 6.45) is -3.10. The molecule has 0 atom stereocenters. The number of nitro benzene ring substituents is 1. The van der Waals surface area contributed by atoms with Crippen LogP contribution in [-0.2, 0) is 11.0 Å². The second-order valence-electron chi connectivity index (χ2n) is 6.70. The van der Waals surface area contributed by atoms with Crippen LogP contribution in [0.3, 0.4) is 0 Å². The number of hydrogen-bond acceptors (Lipinski definition) is 5. The molecule has 0 aliphatic carbocycles. The van der Waals surface area contributed by atoms with Crippen molar-refractivity contribution in [1.82, 2.24) is 4.98 Å². The van der Waals surface area contributed by atoms with Crippen molar-refractivity contribution in [3.8, 4) is 0 Å². The molecular weight excluding hydrogens is 432 g/mol. The van der Waals surface area contributed by atoms with Crippen LogP contribution in [0, 0.1) is 21.8 Å². The van der Waals surface area contributed by atoms with E-state index >= 15 is 0 Å². The van der Waals surface area contributed by atoms with Gasteiger partial charge >= 0.3 is 11.9 Å². The van der Waals surface area contributed by atoms with Gasteiger partial charge in [0.1, 0.15) is 5.82 Å². The third-order valence-electron chi connectivity index (χ3n) is 4.72. The molecule has 0 saturated carbocycles. The fourth-order valence-corrected chi connectivity index (χ4v) is 3.43. The van der Waals surface area contributed by atoms with Crippen LogP contribution < -0.4 is 10.2 Å². The molecule has 1 fully saturated rings. The van der Waals surface area contributed by atoms with Crippen molar-refractivity contribution in [2.75, 3.05) is 23.3 Å². The van der Waals surface area contributed by atoms with Crippen LogP contribution in [0.2, 0.25) is 5.02 Å². The van der Waals surface area contributed by atoms with E-state index in [1.165, 1.54) is 6.07 Å². The van der Waals surface area contributed by atoms with Gasteiger partial charge in [-0.1, -0.05) is 11.6 Å². The molecule has 160 valence electrons. The highest BCUT2D eigenvalue weighted by atomic mass is 35.5. The molecule has 12 heteroatoms. The van der Waals surface area contributed by atoms with Crippen molar-refractivity contribution in [2.24, 2.45) is 5.92 Å². The van der Waals surface area contributed by atoms with E-state index in [0.29, 0.717) is 32.1 Å². The minimum absolute atomic E-state index is 0.1000. The zero-order valence-electron chi connectivity index (χ0n) is 15.2. The summed E-state index contributed by atoms with van der Waals surface area (Å²) in [5.41, 5.74) is -1.59. The maximum Gasteiger partial charge on any atom is 0.417 e. The van der Waals surface area contributed by atoms with Crippen LogP contribution in [0.5, 0.6) is 0 Å². The molecule has 1 amide bonds. The summed E-state index contributed by atoms with van der Waals surface area (Å²) in [4.78, 5) is 27.9. The lowest BCUT2D eigenvalue weighted by Crippen LogP contribution is -2.38. The van der Waals surface area contributed by atoms with Gasteiger partial charge in [-0.15, -0.1) is 0 Å². The van der Waals surface area contributed by atoms with E-state index < -0.39 is 34.1 Å². The molecule has 1 N–H and O–H groups in total. The minimum atomic E-state index is -4.55. The average Bonchev–Trinajstić information content (AvgIpc) is 2.68. The Balaban J connectivity index is 1.62. The largest absolute Gasteiger partial charge is 0.417 e. The summed E-state index contributed by atoms with van der Waals surface area (Å²) in [5, 5.41) is 13.2.